The monoisotopic (exact) mass is 566 g/mol. The summed E-state index contributed by atoms with van der Waals surface area (Å²) in [7, 11) is -0.364. The first kappa shape index (κ1) is 26.8. The van der Waals surface area contributed by atoms with Gasteiger partial charge in [0, 0.05) is 20.3 Å². The molecule has 3 aromatic rings. The van der Waals surface area contributed by atoms with Gasteiger partial charge in [0.05, 0.1) is 35.3 Å². The van der Waals surface area contributed by atoms with Gasteiger partial charge in [0.15, 0.2) is 0 Å². The lowest BCUT2D eigenvalue weighted by Crippen LogP contribution is -2.44. The molecule has 0 bridgehead atoms. The average Bonchev–Trinajstić information content (AvgIpc) is 3.37. The van der Waals surface area contributed by atoms with Crippen LogP contribution in [0.25, 0.3) is 5.69 Å². The molecule has 0 saturated heterocycles. The first-order valence-electron chi connectivity index (χ1n) is 11.9. The summed E-state index contributed by atoms with van der Waals surface area (Å²) in [6.45, 7) is 1.50. The van der Waals surface area contributed by atoms with E-state index in [2.05, 4.69) is 0 Å². The molecule has 0 radical (unpaired) electrons. The maximum absolute atomic E-state index is 13.8. The molecule has 1 aliphatic heterocycles. The standard InChI is InChI=1S/C25H25F3N4O6S/c1-4-38-23(34)17-13-31(14-8-10-20-21(12-14)30(3)39(36,37)29(20)2)24(35)32(22(17)33)19-11-9-15-16(19)6-5-7-18(15)25(26,27)28/h5-8,10,12-13,19,36-37H,4,9,11H2,1-3H3/t19-/m1/s1. The minimum atomic E-state index is -4.61. The van der Waals surface area contributed by atoms with E-state index in [1.807, 2.05) is 0 Å². The van der Waals surface area contributed by atoms with Crippen LogP contribution < -0.4 is 19.9 Å². The third kappa shape index (κ3) is 4.10. The van der Waals surface area contributed by atoms with Crippen molar-refractivity contribution >= 4 is 28.3 Å². The van der Waals surface area contributed by atoms with Crippen molar-refractivity contribution in [2.24, 2.45) is 0 Å². The number of nitrogens with zero attached hydrogens (tertiary/aromatic N) is 4. The van der Waals surface area contributed by atoms with Gasteiger partial charge in [0.25, 0.3) is 5.56 Å². The molecular formula is C25H25F3N4O6S. The van der Waals surface area contributed by atoms with Crippen LogP contribution in [0.5, 0.6) is 0 Å². The molecule has 5 rings (SSSR count). The minimum Gasteiger partial charge on any atom is -0.462 e. The van der Waals surface area contributed by atoms with E-state index in [1.54, 1.807) is 13.0 Å². The fourth-order valence-electron chi connectivity index (χ4n) is 5.17. The fraction of sp³-hybridized carbons (Fsp3) is 0.320. The molecule has 2 aliphatic rings. The third-order valence-corrected chi connectivity index (χ3v) is 8.98. The predicted molar refractivity (Wildman–Crippen MR) is 140 cm³/mol. The molecule has 0 unspecified atom stereocenters. The highest BCUT2D eigenvalue weighted by Gasteiger charge is 2.39. The van der Waals surface area contributed by atoms with E-state index in [4.69, 9.17) is 4.74 Å². The number of anilines is 2. The molecule has 2 aromatic carbocycles. The average molecular weight is 567 g/mol. The fourth-order valence-corrected chi connectivity index (χ4v) is 6.37. The van der Waals surface area contributed by atoms with Crippen molar-refractivity contribution in [3.8, 4) is 5.69 Å². The number of esters is 1. The smallest absolute Gasteiger partial charge is 0.416 e. The van der Waals surface area contributed by atoms with E-state index in [0.29, 0.717) is 11.4 Å². The SMILES string of the molecule is CCOC(=O)c1cn(-c2ccc3c(c2)N(C)S(O)(O)N3C)c(=O)n([C@@H]2CCc3c2cccc3C(F)(F)F)c1=O. The topological polar surface area (TPSA) is 117 Å². The van der Waals surface area contributed by atoms with Gasteiger partial charge in [0.1, 0.15) is 5.56 Å². The van der Waals surface area contributed by atoms with Crippen molar-refractivity contribution < 1.29 is 31.8 Å². The lowest BCUT2D eigenvalue weighted by atomic mass is 10.0. The maximum Gasteiger partial charge on any atom is 0.416 e. The molecular weight excluding hydrogens is 541 g/mol. The van der Waals surface area contributed by atoms with Gasteiger partial charge in [-0.1, -0.05) is 12.1 Å². The van der Waals surface area contributed by atoms with Gasteiger partial charge in [0.2, 0.25) is 0 Å². The van der Waals surface area contributed by atoms with Crippen molar-refractivity contribution in [2.75, 3.05) is 29.3 Å². The number of ether oxygens (including phenoxy) is 1. The zero-order valence-corrected chi connectivity index (χ0v) is 21.9. The Labute approximate surface area is 222 Å². The van der Waals surface area contributed by atoms with Crippen LogP contribution in [-0.2, 0) is 17.3 Å². The van der Waals surface area contributed by atoms with Crippen molar-refractivity contribution in [2.45, 2.75) is 32.0 Å². The molecule has 2 N–H and O–H groups in total. The van der Waals surface area contributed by atoms with Gasteiger partial charge >= 0.3 is 17.8 Å². The molecule has 2 heterocycles. The molecule has 0 saturated carbocycles. The summed E-state index contributed by atoms with van der Waals surface area (Å²) in [5.74, 6) is -0.987. The highest BCUT2D eigenvalue weighted by Crippen LogP contribution is 2.59. The number of halogens is 3. The molecule has 0 spiro atoms. The first-order chi connectivity index (χ1) is 18.3. The number of carbonyl (C=O) groups is 1. The summed E-state index contributed by atoms with van der Waals surface area (Å²) < 4.78 is 71.3. The Hall–Kier alpha value is -3.75. The van der Waals surface area contributed by atoms with Crippen molar-refractivity contribution in [3.05, 3.63) is 85.7 Å². The number of hydrogen-bond donors (Lipinski definition) is 2. The Morgan fingerprint density at radius 3 is 2.46 bits per heavy atom. The number of benzene rings is 2. The van der Waals surface area contributed by atoms with Gasteiger partial charge < -0.3 is 4.74 Å². The van der Waals surface area contributed by atoms with Gasteiger partial charge in [-0.05, 0) is 66.1 Å². The molecule has 1 aromatic heterocycles. The molecule has 1 aliphatic carbocycles. The molecule has 10 nitrogen and oxygen atoms in total. The lowest BCUT2D eigenvalue weighted by molar-refractivity contribution is -0.138. The van der Waals surface area contributed by atoms with Gasteiger partial charge in [-0.25, -0.2) is 9.59 Å². The first-order valence-corrected chi connectivity index (χ1v) is 13.4. The van der Waals surface area contributed by atoms with E-state index in [-0.39, 0.29) is 36.3 Å². The minimum absolute atomic E-state index is 0.00165. The Bertz CT molecular complexity index is 1620. The molecule has 0 amide bonds. The van der Waals surface area contributed by atoms with Gasteiger partial charge in [-0.3, -0.25) is 31.6 Å². The second-order valence-electron chi connectivity index (χ2n) is 9.17. The summed E-state index contributed by atoms with van der Waals surface area (Å²) in [5.41, 5.74) is -1.92. The second-order valence-corrected chi connectivity index (χ2v) is 11.2. The summed E-state index contributed by atoms with van der Waals surface area (Å²) in [4.78, 5) is 40.0. The van der Waals surface area contributed by atoms with Crippen LogP contribution in [0.3, 0.4) is 0 Å². The van der Waals surface area contributed by atoms with Crippen molar-refractivity contribution in [1.29, 1.82) is 0 Å². The second kappa shape index (κ2) is 9.17. The quantitative estimate of drug-likeness (QED) is 0.452. The largest absolute Gasteiger partial charge is 0.462 e. The van der Waals surface area contributed by atoms with Crippen LogP contribution in [0, 0.1) is 0 Å². The number of aromatic nitrogens is 2. The van der Waals surface area contributed by atoms with Gasteiger partial charge in [-0.2, -0.15) is 13.2 Å². The molecule has 1 atom stereocenters. The van der Waals surface area contributed by atoms with Crippen LogP contribution in [-0.4, -0.2) is 44.9 Å². The third-order valence-electron chi connectivity index (χ3n) is 7.12. The zero-order chi connectivity index (χ0) is 28.4. The summed E-state index contributed by atoms with van der Waals surface area (Å²) >= 11 is 0. The Balaban J connectivity index is 1.73. The summed E-state index contributed by atoms with van der Waals surface area (Å²) in [5, 5.41) is 0. The Kier molecular flexibility index (Phi) is 6.31. The molecule has 0 fully saturated rings. The number of alkyl halides is 3. The number of fused-ring (bicyclic) bond motifs is 2. The molecule has 14 heteroatoms. The predicted octanol–water partition coefficient (Wildman–Crippen LogP) is 4.20. The van der Waals surface area contributed by atoms with E-state index < -0.39 is 51.5 Å². The van der Waals surface area contributed by atoms with Gasteiger partial charge in [-0.15, -0.1) is 0 Å². The zero-order valence-electron chi connectivity index (χ0n) is 21.1. The highest BCUT2D eigenvalue weighted by molar-refractivity contribution is 8.26. The number of rotatable bonds is 4. The molecule has 39 heavy (non-hydrogen) atoms. The van der Waals surface area contributed by atoms with Crippen molar-refractivity contribution in [1.82, 2.24) is 9.13 Å². The Morgan fingerprint density at radius 1 is 1.10 bits per heavy atom. The van der Waals surface area contributed by atoms with Crippen LogP contribution in [0.1, 0.15) is 46.4 Å². The number of hydrogen-bond acceptors (Lipinski definition) is 8. The Morgan fingerprint density at radius 2 is 1.79 bits per heavy atom. The highest BCUT2D eigenvalue weighted by atomic mass is 32.3. The van der Waals surface area contributed by atoms with Crippen LogP contribution >= 0.6 is 11.0 Å². The van der Waals surface area contributed by atoms with Crippen LogP contribution in [0.2, 0.25) is 0 Å². The van der Waals surface area contributed by atoms with Crippen LogP contribution in [0.4, 0.5) is 24.5 Å². The van der Waals surface area contributed by atoms with Crippen LogP contribution in [0.15, 0.2) is 52.2 Å². The van der Waals surface area contributed by atoms with E-state index in [9.17, 15) is 36.7 Å². The lowest BCUT2D eigenvalue weighted by Gasteiger charge is -2.40. The summed E-state index contributed by atoms with van der Waals surface area (Å²) in [6.07, 6.45) is -3.54. The normalized spacial score (nSPS) is 18.6. The summed E-state index contributed by atoms with van der Waals surface area (Å²) in [6, 6.07) is 7.12. The van der Waals surface area contributed by atoms with Crippen molar-refractivity contribution in [3.63, 3.8) is 0 Å². The van der Waals surface area contributed by atoms with E-state index in [0.717, 1.165) is 21.4 Å². The van der Waals surface area contributed by atoms with E-state index >= 15 is 0 Å². The maximum atomic E-state index is 13.8. The number of carbonyl (C=O) groups excluding carboxylic acids is 1. The van der Waals surface area contributed by atoms with E-state index in [1.165, 1.54) is 47.0 Å². The molecule has 208 valence electrons.